The van der Waals surface area contributed by atoms with Gasteiger partial charge in [-0.2, -0.15) is 17.7 Å². The molecule has 3 aromatic heterocycles. The minimum atomic E-state index is -0.512. The fourth-order valence-electron chi connectivity index (χ4n) is 5.18. The molecule has 3 heterocycles. The van der Waals surface area contributed by atoms with Crippen LogP contribution in [0.15, 0.2) is 96.2 Å². The zero-order valence-electron chi connectivity index (χ0n) is 39.4. The maximum absolute atomic E-state index is 12.8. The van der Waals surface area contributed by atoms with Crippen LogP contribution in [-0.2, 0) is 78.6 Å². The predicted molar refractivity (Wildman–Crippen MR) is 254 cm³/mol. The summed E-state index contributed by atoms with van der Waals surface area (Å²) >= 11 is 4.81. The zero-order valence-corrected chi connectivity index (χ0v) is 44.5. The number of benzene rings is 3. The minimum absolute atomic E-state index is 0. The molecular formula is C47H53ClFN7O11PdY-2. The molecule has 18 nitrogen and oxygen atoms in total. The van der Waals surface area contributed by atoms with Crippen molar-refractivity contribution in [1.82, 2.24) is 15.0 Å². The number of methoxy groups -OCH3 is 2. The van der Waals surface area contributed by atoms with Gasteiger partial charge in [-0.05, 0) is 69.1 Å². The molecule has 0 unspecified atom stereocenters. The van der Waals surface area contributed by atoms with Gasteiger partial charge in [0.2, 0.25) is 5.24 Å². The topological polar surface area (TPSA) is 268 Å². The Bertz CT molecular complexity index is 2680. The van der Waals surface area contributed by atoms with Crippen molar-refractivity contribution in [3.8, 4) is 23.0 Å². The molecular weight excluding hydrogens is 1090 g/mol. The maximum atomic E-state index is 12.8. The van der Waals surface area contributed by atoms with Gasteiger partial charge in [0.1, 0.15) is 47.9 Å². The van der Waals surface area contributed by atoms with Crippen molar-refractivity contribution in [3.63, 3.8) is 0 Å². The van der Waals surface area contributed by atoms with E-state index in [9.17, 15) is 39.0 Å². The van der Waals surface area contributed by atoms with Crippen LogP contribution in [0.4, 0.5) is 27.4 Å². The number of nitrogens with two attached hydrogens (primary N) is 2. The molecule has 22 heteroatoms. The third-order valence-electron chi connectivity index (χ3n) is 8.99. The van der Waals surface area contributed by atoms with Crippen LogP contribution in [-0.4, -0.2) is 63.3 Å². The number of H-pyrrole nitrogens is 1. The predicted octanol–water partition coefficient (Wildman–Crippen LogP) is 9.18. The number of Topliss-reactive ketones (excluding diaryl/α,β-unsaturated/α-hetero) is 1. The number of carbonyl (C=O) groups is 2. The monoisotopic (exact) mass is 1140 g/mol. The van der Waals surface area contributed by atoms with Crippen molar-refractivity contribution in [2.45, 2.75) is 48.0 Å². The zero-order chi connectivity index (χ0) is 49.5. The van der Waals surface area contributed by atoms with Gasteiger partial charge in [-0.1, -0.05) is 13.8 Å². The van der Waals surface area contributed by atoms with E-state index < -0.39 is 20.9 Å². The molecule has 6 aromatic rings. The number of rotatable bonds is 12. The maximum Gasteiger partial charge on any atom is 0.272 e. The summed E-state index contributed by atoms with van der Waals surface area (Å²) in [4.78, 5) is 62.6. The standard InChI is InChI=1S/C17H18NO3.C13H13N3O3.C8H8FNO2.C5H6N2O.C3H5ClO2.CH3.Pd.Y/c1-12-5-4-6-17(13(12)2)21-16-7-8-18-14(10-16)9-15(19)11-20-3;1-8-9(2)12(4-3-11(8)16(17)18)19-10-5-6-15-13(14)7-10;1-5-6(2)8(10(11)12)4-3-7(5)9;6-5-3-4(8)1-2-7-5;1-6-2-3(4)5;;;/h4,6-8,10H,9,11H2,1-3H3;3-7H,1-2H3,(H2,14,15);3-4H,1-2H3;1-3H,(H3,6,7,8);2H2,1H3;1H3;;/q-1;;;;;-1;;. The van der Waals surface area contributed by atoms with Gasteiger partial charge in [-0.15, -0.1) is 11.6 Å². The Balaban J connectivity index is 0. The third-order valence-corrected chi connectivity index (χ3v) is 9.10. The first-order chi connectivity index (χ1) is 31.2. The van der Waals surface area contributed by atoms with Gasteiger partial charge >= 0.3 is 0 Å². The summed E-state index contributed by atoms with van der Waals surface area (Å²) in [5, 5.41) is 20.7. The van der Waals surface area contributed by atoms with E-state index >= 15 is 0 Å². The number of ether oxygens (including phenoxy) is 4. The number of nitrogens with zero attached hydrogens (tertiary/aromatic N) is 4. The normalized spacial score (nSPS) is 9.48. The molecule has 0 spiro atoms. The number of aryl methyl sites for hydroxylation is 1. The number of nitro groups is 2. The van der Waals surface area contributed by atoms with Gasteiger partial charge in [-0.25, -0.2) is 9.37 Å². The number of ketones is 1. The molecule has 5 N–H and O–H groups in total. The number of aromatic amines is 1. The fourth-order valence-corrected chi connectivity index (χ4v) is 5.29. The van der Waals surface area contributed by atoms with Gasteiger partial charge in [-0.3, -0.25) is 39.6 Å². The van der Waals surface area contributed by atoms with Crippen molar-refractivity contribution in [2.75, 3.05) is 38.9 Å². The minimum Gasteiger partial charge on any atom is -0.482 e. The SMILES string of the molecule is COCC(=O)Cc1cc(Oc2cc[c-]c(C)c2C)ccn1.COCC(=O)Cl.Cc1c(F)ccc([N+](=O)[O-])c1C.Cc1c(Oc2ccnc(N)c2)ccc([N+](=O)[O-])c1C.Nc1cc(=O)cc[nH]1.[CH3-].[Pd].[Y]. The number of carbonyl (C=O) groups excluding carboxylic acids is 2. The molecule has 0 aliphatic heterocycles. The average Bonchev–Trinajstić information content (AvgIpc) is 3.24. The number of hydrogen-bond donors (Lipinski definition) is 3. The van der Waals surface area contributed by atoms with Crippen LogP contribution in [0.25, 0.3) is 0 Å². The van der Waals surface area contributed by atoms with Crippen molar-refractivity contribution < 1.29 is 95.9 Å². The summed E-state index contributed by atoms with van der Waals surface area (Å²) in [5.41, 5.74) is 15.6. The second-order valence-corrected chi connectivity index (χ2v) is 14.2. The number of nitrogens with one attached hydrogen (secondary N) is 1. The second-order valence-electron chi connectivity index (χ2n) is 13.8. The molecule has 69 heavy (non-hydrogen) atoms. The van der Waals surface area contributed by atoms with Crippen molar-refractivity contribution in [2.24, 2.45) is 0 Å². The number of pyridine rings is 3. The number of aromatic nitrogens is 3. The van der Waals surface area contributed by atoms with Gasteiger partial charge in [0.15, 0.2) is 11.2 Å². The Hall–Kier alpha value is -5.84. The number of hydrogen-bond acceptors (Lipinski definition) is 15. The van der Waals surface area contributed by atoms with Gasteiger partial charge in [0.05, 0.1) is 22.0 Å². The molecule has 0 aliphatic carbocycles. The van der Waals surface area contributed by atoms with E-state index in [-0.39, 0.29) is 103 Å². The third kappa shape index (κ3) is 23.3. The molecule has 1 radical (unpaired) electrons. The van der Waals surface area contributed by atoms with E-state index in [0.29, 0.717) is 51.3 Å². The Morgan fingerprint density at radius 2 is 1.29 bits per heavy atom. The van der Waals surface area contributed by atoms with Crippen LogP contribution < -0.4 is 26.4 Å². The van der Waals surface area contributed by atoms with E-state index in [1.807, 2.05) is 26.0 Å². The molecule has 6 rings (SSSR count). The van der Waals surface area contributed by atoms with Gasteiger partial charge in [0, 0.05) is 145 Å². The number of nitro benzene ring substituents is 2. The summed E-state index contributed by atoms with van der Waals surface area (Å²) in [6.45, 7) is 10.6. The van der Waals surface area contributed by atoms with Crippen molar-refractivity contribution in [3.05, 3.63) is 180 Å². The van der Waals surface area contributed by atoms with Crippen LogP contribution in [0.3, 0.4) is 0 Å². The van der Waals surface area contributed by atoms with Gasteiger partial charge in [0.25, 0.3) is 11.4 Å². The van der Waals surface area contributed by atoms with E-state index in [2.05, 4.69) is 25.8 Å². The number of anilines is 2. The van der Waals surface area contributed by atoms with Crippen LogP contribution in [0, 0.1) is 81.1 Å². The summed E-state index contributed by atoms with van der Waals surface area (Å²) in [6, 6.07) is 21.7. The second kappa shape index (κ2) is 33.6. The molecule has 0 aliphatic rings. The first-order valence-corrected chi connectivity index (χ1v) is 19.8. The molecule has 0 saturated carbocycles. The molecule has 3 aromatic carbocycles. The Morgan fingerprint density at radius 1 is 0.754 bits per heavy atom. The Kier molecular flexibility index (Phi) is 31.8. The van der Waals surface area contributed by atoms with Crippen LogP contribution in [0.1, 0.15) is 39.1 Å². The molecule has 371 valence electrons. The van der Waals surface area contributed by atoms with Crippen molar-refractivity contribution in [1.29, 1.82) is 0 Å². The summed E-state index contributed by atoms with van der Waals surface area (Å²) in [6.07, 6.45) is 4.93. The Labute approximate surface area is 443 Å². The fraction of sp³-hybridized carbons (Fsp3) is 0.234. The van der Waals surface area contributed by atoms with E-state index in [4.69, 9.17) is 37.3 Å². The van der Waals surface area contributed by atoms with E-state index in [1.54, 1.807) is 50.4 Å². The first kappa shape index (κ1) is 65.2. The summed E-state index contributed by atoms with van der Waals surface area (Å²) < 4.78 is 33.5. The molecule has 0 amide bonds. The summed E-state index contributed by atoms with van der Waals surface area (Å²) in [5.74, 6) is 2.90. The quantitative estimate of drug-likeness (QED) is 0.0339. The van der Waals surface area contributed by atoms with Crippen LogP contribution in [0.5, 0.6) is 23.0 Å². The van der Waals surface area contributed by atoms with Crippen molar-refractivity contribution >= 4 is 45.6 Å². The molecule has 0 fully saturated rings. The smallest absolute Gasteiger partial charge is 0.272 e. The molecule has 0 atom stereocenters. The first-order valence-electron chi connectivity index (χ1n) is 19.5. The van der Waals surface area contributed by atoms with E-state index in [1.165, 1.54) is 64.7 Å². The molecule has 0 saturated heterocycles. The summed E-state index contributed by atoms with van der Waals surface area (Å²) in [7, 11) is 2.92. The van der Waals surface area contributed by atoms with Gasteiger partial charge < -0.3 is 42.8 Å². The molecule has 0 bridgehead atoms. The largest absolute Gasteiger partial charge is 0.482 e. The number of nitrogen functional groups attached to an aromatic ring is 2. The Morgan fingerprint density at radius 3 is 1.78 bits per heavy atom. The number of halogens is 2. The van der Waals surface area contributed by atoms with E-state index in [0.717, 1.165) is 28.5 Å². The van der Waals surface area contributed by atoms with Crippen LogP contribution in [0.2, 0.25) is 0 Å². The average molecular weight is 1140 g/mol. The van der Waals surface area contributed by atoms with Crippen LogP contribution >= 0.6 is 11.6 Å².